The normalized spacial score (nSPS) is 10.4. The monoisotopic (exact) mass is 393 g/mol. The highest BCUT2D eigenvalue weighted by Gasteiger charge is 2.12. The van der Waals surface area contributed by atoms with Crippen molar-refractivity contribution in [2.75, 3.05) is 11.9 Å². The number of benzene rings is 1. The zero-order chi connectivity index (χ0) is 19.8. The Hall–Kier alpha value is -3.18. The van der Waals surface area contributed by atoms with Gasteiger partial charge in [-0.15, -0.1) is 11.3 Å². The summed E-state index contributed by atoms with van der Waals surface area (Å²) in [5, 5.41) is 29.2. The number of hydrogen-bond donors (Lipinski definition) is 6. The quantitative estimate of drug-likeness (QED) is 0.373. The van der Waals surface area contributed by atoms with Crippen LogP contribution < -0.4 is 21.3 Å². The number of carbonyl (C=O) groups is 3. The Labute approximate surface area is 158 Å². The van der Waals surface area contributed by atoms with Crippen LogP contribution in [0.5, 0.6) is 0 Å². The molecule has 2 rings (SSSR count). The van der Waals surface area contributed by atoms with Gasteiger partial charge in [0.1, 0.15) is 0 Å². The van der Waals surface area contributed by atoms with E-state index in [0.29, 0.717) is 18.1 Å². The van der Waals surface area contributed by atoms with Crippen LogP contribution in [0.1, 0.15) is 12.5 Å². The van der Waals surface area contributed by atoms with Crippen LogP contribution in [0, 0.1) is 0 Å². The first-order chi connectivity index (χ1) is 12.8. The maximum absolute atomic E-state index is 11.0. The highest BCUT2D eigenvalue weighted by Crippen LogP contribution is 2.25. The second-order valence-corrected chi connectivity index (χ2v) is 6.31. The van der Waals surface area contributed by atoms with Crippen LogP contribution in [-0.4, -0.2) is 46.1 Å². The fraction of sp³-hybridized carbons (Fsp3) is 0.250. The van der Waals surface area contributed by atoms with E-state index >= 15 is 0 Å². The maximum Gasteiger partial charge on any atom is 0.407 e. The van der Waals surface area contributed by atoms with Crippen LogP contribution in [0.15, 0.2) is 29.6 Å². The van der Waals surface area contributed by atoms with Gasteiger partial charge >= 0.3 is 12.2 Å². The van der Waals surface area contributed by atoms with Gasteiger partial charge in [-0.3, -0.25) is 20.7 Å². The molecule has 11 heteroatoms. The lowest BCUT2D eigenvalue weighted by atomic mass is 10.1. The molecule has 6 N–H and O–H groups in total. The Morgan fingerprint density at radius 1 is 1.11 bits per heavy atom. The minimum atomic E-state index is -1.34. The van der Waals surface area contributed by atoms with E-state index in [9.17, 15) is 14.4 Å². The predicted molar refractivity (Wildman–Crippen MR) is 99.7 cm³/mol. The van der Waals surface area contributed by atoms with Gasteiger partial charge in [0.25, 0.3) is 0 Å². The zero-order valence-electron chi connectivity index (χ0n) is 14.4. The molecule has 144 valence electrons. The lowest BCUT2D eigenvalue weighted by Gasteiger charge is -2.18. The fourth-order valence-corrected chi connectivity index (χ4v) is 2.97. The first kappa shape index (κ1) is 20.1. The molecule has 0 bridgehead atoms. The zero-order valence-corrected chi connectivity index (χ0v) is 15.2. The van der Waals surface area contributed by atoms with Crippen LogP contribution in [-0.2, 0) is 11.2 Å². The number of aromatic nitrogens is 1. The molecule has 27 heavy (non-hydrogen) atoms. The third-order valence-corrected chi connectivity index (χ3v) is 4.09. The van der Waals surface area contributed by atoms with Crippen LogP contribution >= 0.6 is 11.3 Å². The van der Waals surface area contributed by atoms with E-state index < -0.39 is 18.5 Å². The molecule has 1 heterocycles. The number of hydrogen-bond acceptors (Lipinski definition) is 6. The van der Waals surface area contributed by atoms with Crippen molar-refractivity contribution in [2.24, 2.45) is 0 Å². The number of carbonyl (C=O) groups excluding carboxylic acids is 1. The summed E-state index contributed by atoms with van der Waals surface area (Å²) in [6.45, 7) is 1.78. The van der Waals surface area contributed by atoms with Crippen LogP contribution in [0.25, 0.3) is 11.3 Å². The van der Waals surface area contributed by atoms with Gasteiger partial charge in [0.05, 0.1) is 5.69 Å². The van der Waals surface area contributed by atoms with Crippen molar-refractivity contribution in [3.05, 3.63) is 35.2 Å². The molecule has 0 spiro atoms. The summed E-state index contributed by atoms with van der Waals surface area (Å²) in [4.78, 5) is 36.7. The van der Waals surface area contributed by atoms with E-state index in [1.165, 1.54) is 18.3 Å². The highest BCUT2D eigenvalue weighted by atomic mass is 32.1. The van der Waals surface area contributed by atoms with Crippen molar-refractivity contribution in [3.63, 3.8) is 0 Å². The Morgan fingerprint density at radius 3 is 2.30 bits per heavy atom. The third kappa shape index (κ3) is 6.92. The average Bonchev–Trinajstić information content (AvgIpc) is 3.02. The largest absolute Gasteiger partial charge is 0.465 e. The smallest absolute Gasteiger partial charge is 0.407 e. The van der Waals surface area contributed by atoms with Crippen molar-refractivity contribution in [3.8, 4) is 11.3 Å². The van der Waals surface area contributed by atoms with Crippen molar-refractivity contribution in [2.45, 2.75) is 19.6 Å². The fourth-order valence-electron chi connectivity index (χ4n) is 2.20. The Balaban J connectivity index is 1.89. The lowest BCUT2D eigenvalue weighted by molar-refractivity contribution is -0.114. The van der Waals surface area contributed by atoms with E-state index in [0.717, 1.165) is 16.8 Å². The van der Waals surface area contributed by atoms with Gasteiger partial charge in [-0.05, 0) is 12.0 Å². The number of nitrogens with one attached hydrogen (secondary N) is 4. The van der Waals surface area contributed by atoms with Crippen molar-refractivity contribution in [1.82, 2.24) is 20.9 Å². The van der Waals surface area contributed by atoms with Gasteiger partial charge in [0, 0.05) is 24.4 Å². The van der Waals surface area contributed by atoms with Gasteiger partial charge in [-0.25, -0.2) is 14.6 Å². The summed E-state index contributed by atoms with van der Waals surface area (Å²) in [5.74, 6) is -0.174. The molecule has 0 unspecified atom stereocenters. The molecule has 1 aromatic heterocycles. The predicted octanol–water partition coefficient (Wildman–Crippen LogP) is 1.72. The van der Waals surface area contributed by atoms with Gasteiger partial charge in [-0.2, -0.15) is 0 Å². The first-order valence-electron chi connectivity index (χ1n) is 7.88. The van der Waals surface area contributed by atoms with Crippen LogP contribution in [0.4, 0.5) is 14.7 Å². The Bertz CT molecular complexity index is 792. The number of anilines is 1. The molecule has 0 saturated carbocycles. The summed E-state index contributed by atoms with van der Waals surface area (Å²) in [6, 6.07) is 7.59. The van der Waals surface area contributed by atoms with Crippen LogP contribution in [0.2, 0.25) is 0 Å². The second kappa shape index (κ2) is 9.50. The van der Waals surface area contributed by atoms with Crippen molar-refractivity contribution in [1.29, 1.82) is 0 Å². The minimum absolute atomic E-state index is 0.174. The lowest BCUT2D eigenvalue weighted by Crippen LogP contribution is -2.56. The molecule has 10 nitrogen and oxygen atoms in total. The molecule has 0 aliphatic rings. The van der Waals surface area contributed by atoms with Gasteiger partial charge in [-0.1, -0.05) is 24.3 Å². The number of carboxylic acid groups (broad SMARTS) is 2. The molecule has 0 atom stereocenters. The van der Waals surface area contributed by atoms with E-state index in [2.05, 4.69) is 15.6 Å². The molecule has 0 saturated heterocycles. The first-order valence-corrected chi connectivity index (χ1v) is 8.76. The van der Waals surface area contributed by atoms with E-state index in [1.54, 1.807) is 0 Å². The number of nitrogens with zero attached hydrogens (tertiary/aromatic N) is 1. The van der Waals surface area contributed by atoms with E-state index in [4.69, 9.17) is 10.2 Å². The SMILES string of the molecule is CC(=O)Nc1nc(-c2ccc(CCNC(NC(=O)O)NC(=O)O)cc2)cs1. The number of thiazole rings is 1. The van der Waals surface area contributed by atoms with Gasteiger partial charge < -0.3 is 15.5 Å². The van der Waals surface area contributed by atoms with Crippen molar-refractivity contribution < 1.29 is 24.6 Å². The highest BCUT2D eigenvalue weighted by molar-refractivity contribution is 7.14. The van der Waals surface area contributed by atoms with Gasteiger partial charge in [0.2, 0.25) is 5.91 Å². The third-order valence-electron chi connectivity index (χ3n) is 3.33. The topological polar surface area (TPSA) is 153 Å². The molecule has 0 fully saturated rings. The van der Waals surface area contributed by atoms with Gasteiger partial charge in [0.15, 0.2) is 11.4 Å². The minimum Gasteiger partial charge on any atom is -0.465 e. The molecule has 2 aromatic rings. The van der Waals surface area contributed by atoms with E-state index in [1.807, 2.05) is 40.3 Å². The van der Waals surface area contributed by atoms with E-state index in [-0.39, 0.29) is 5.91 Å². The Kier molecular flexibility index (Phi) is 7.08. The number of amides is 3. The van der Waals surface area contributed by atoms with Crippen molar-refractivity contribution >= 4 is 34.6 Å². The molecule has 1 aromatic carbocycles. The van der Waals surface area contributed by atoms with Crippen LogP contribution in [0.3, 0.4) is 0 Å². The summed E-state index contributed by atoms with van der Waals surface area (Å²) in [6.07, 6.45) is -3.21. The molecule has 3 amide bonds. The number of rotatable bonds is 8. The molecule has 0 radical (unpaired) electrons. The molecular weight excluding hydrogens is 374 g/mol. The molecule has 0 aliphatic heterocycles. The average molecular weight is 393 g/mol. The summed E-state index contributed by atoms with van der Waals surface area (Å²) in [7, 11) is 0. The standard InChI is InChI=1S/C16H19N5O5S/c1-9(22)18-14-19-12(8-27-14)11-4-2-10(3-5-11)6-7-17-13(20-15(23)24)21-16(25)26/h2-5,8,13,17,20-21H,6-7H2,1H3,(H,23,24)(H,25,26)(H,18,19,22). The molecule has 0 aliphatic carbocycles. The Morgan fingerprint density at radius 2 is 1.74 bits per heavy atom. The summed E-state index contributed by atoms with van der Waals surface area (Å²) < 4.78 is 0. The summed E-state index contributed by atoms with van der Waals surface area (Å²) in [5.41, 5.74) is 2.63. The maximum atomic E-state index is 11.0. The molecular formula is C16H19N5O5S. The summed E-state index contributed by atoms with van der Waals surface area (Å²) >= 11 is 1.34. The second-order valence-electron chi connectivity index (χ2n) is 5.45.